The Balaban J connectivity index is 3.14. The normalized spacial score (nSPS) is 13.4. The molecule has 0 bridgehead atoms. The van der Waals surface area contributed by atoms with E-state index in [9.17, 15) is 13.2 Å². The Labute approximate surface area is 96.4 Å². The van der Waals surface area contributed by atoms with E-state index in [4.69, 9.17) is 21.3 Å². The molecule has 1 atom stereocenters. The summed E-state index contributed by atoms with van der Waals surface area (Å²) in [4.78, 5) is 10.8. The second kappa shape index (κ2) is 4.79. The van der Waals surface area contributed by atoms with Crippen LogP contribution < -0.4 is 0 Å². The van der Waals surface area contributed by atoms with E-state index in [0.29, 0.717) is 0 Å². The summed E-state index contributed by atoms with van der Waals surface area (Å²) in [5.74, 6) is -1.58. The summed E-state index contributed by atoms with van der Waals surface area (Å²) in [5.41, 5.74) is -0.0608. The fourth-order valence-corrected chi connectivity index (χ4v) is 1.70. The van der Waals surface area contributed by atoms with Gasteiger partial charge < -0.3 is 5.11 Å². The summed E-state index contributed by atoms with van der Waals surface area (Å²) in [6.07, 6.45) is -1.87. The third kappa shape index (κ3) is 3.46. The summed E-state index contributed by atoms with van der Waals surface area (Å²) < 4.78 is 33.4. The Morgan fingerprint density at radius 1 is 1.38 bits per heavy atom. The van der Waals surface area contributed by atoms with E-state index in [-0.39, 0.29) is 10.6 Å². The lowest BCUT2D eigenvalue weighted by atomic mass is 10.1. The molecule has 88 valence electrons. The molecule has 0 aliphatic carbocycles. The summed E-state index contributed by atoms with van der Waals surface area (Å²) in [7, 11) is -4.87. The minimum atomic E-state index is -4.87. The van der Waals surface area contributed by atoms with Crippen molar-refractivity contribution in [3.05, 3.63) is 34.9 Å². The third-order valence-electron chi connectivity index (χ3n) is 1.63. The second-order valence-corrected chi connectivity index (χ2v) is 4.22. The van der Waals surface area contributed by atoms with Gasteiger partial charge in [-0.2, -0.15) is 8.42 Å². The molecule has 1 aromatic carbocycles. The Morgan fingerprint density at radius 3 is 2.38 bits per heavy atom. The third-order valence-corrected chi connectivity index (χ3v) is 2.41. The number of aliphatic carboxylic acids is 1. The number of benzene rings is 1. The zero-order valence-corrected chi connectivity index (χ0v) is 9.27. The summed E-state index contributed by atoms with van der Waals surface area (Å²) >= 11 is 5.67. The van der Waals surface area contributed by atoms with Crippen molar-refractivity contribution < 1.29 is 27.1 Å². The minimum absolute atomic E-state index is 0.0264. The molecule has 1 aromatic rings. The summed E-state index contributed by atoms with van der Waals surface area (Å²) in [5, 5.41) is 8.78. The average molecular weight is 267 g/mol. The molecule has 0 radical (unpaired) electrons. The number of hydrogen-bond acceptors (Lipinski definition) is 4. The lowest BCUT2D eigenvalue weighted by molar-refractivity contribution is -0.145. The van der Waals surface area contributed by atoms with Gasteiger partial charge in [0.15, 0.2) is 0 Å². The van der Waals surface area contributed by atoms with Crippen LogP contribution in [0.1, 0.15) is 11.7 Å². The van der Waals surface area contributed by atoms with Gasteiger partial charge in [0.05, 0.1) is 0 Å². The van der Waals surface area contributed by atoms with Gasteiger partial charge in [-0.05, 0) is 6.07 Å². The first-order valence-electron chi connectivity index (χ1n) is 3.94. The van der Waals surface area contributed by atoms with Crippen LogP contribution >= 0.6 is 11.6 Å². The van der Waals surface area contributed by atoms with Gasteiger partial charge in [0.2, 0.25) is 6.10 Å². The predicted molar refractivity (Wildman–Crippen MR) is 54.5 cm³/mol. The van der Waals surface area contributed by atoms with Crippen LogP contribution in [0.15, 0.2) is 24.3 Å². The van der Waals surface area contributed by atoms with E-state index in [1.807, 2.05) is 0 Å². The van der Waals surface area contributed by atoms with E-state index in [1.165, 1.54) is 24.3 Å². The lowest BCUT2D eigenvalue weighted by Gasteiger charge is -2.12. The van der Waals surface area contributed by atoms with E-state index < -0.39 is 22.5 Å². The van der Waals surface area contributed by atoms with Gasteiger partial charge in [0, 0.05) is 10.6 Å². The maximum absolute atomic E-state index is 10.8. The highest BCUT2D eigenvalue weighted by molar-refractivity contribution is 7.80. The molecule has 0 aliphatic rings. The number of hydrogen-bond donors (Lipinski definition) is 2. The molecule has 0 heterocycles. The molecule has 8 heteroatoms. The number of carbonyl (C=O) groups is 1. The van der Waals surface area contributed by atoms with E-state index in [1.54, 1.807) is 0 Å². The highest BCUT2D eigenvalue weighted by atomic mass is 35.5. The zero-order valence-electron chi connectivity index (χ0n) is 7.70. The smallest absolute Gasteiger partial charge is 0.398 e. The van der Waals surface area contributed by atoms with Crippen molar-refractivity contribution in [3.8, 4) is 0 Å². The van der Waals surface area contributed by atoms with Gasteiger partial charge in [-0.1, -0.05) is 29.8 Å². The van der Waals surface area contributed by atoms with Gasteiger partial charge in [-0.25, -0.2) is 8.98 Å². The van der Waals surface area contributed by atoms with E-state index in [0.717, 1.165) is 0 Å². The molecule has 16 heavy (non-hydrogen) atoms. The highest BCUT2D eigenvalue weighted by Gasteiger charge is 2.28. The van der Waals surface area contributed by atoms with Crippen molar-refractivity contribution >= 4 is 28.0 Å². The van der Waals surface area contributed by atoms with Crippen molar-refractivity contribution in [2.75, 3.05) is 0 Å². The second-order valence-electron chi connectivity index (χ2n) is 2.76. The summed E-state index contributed by atoms with van der Waals surface area (Å²) in [6.45, 7) is 0. The van der Waals surface area contributed by atoms with Gasteiger partial charge in [-0.15, -0.1) is 0 Å². The van der Waals surface area contributed by atoms with Crippen LogP contribution in [0.4, 0.5) is 0 Å². The van der Waals surface area contributed by atoms with Crippen molar-refractivity contribution in [1.29, 1.82) is 0 Å². The molecular formula is C8H7ClO6S. The van der Waals surface area contributed by atoms with Crippen LogP contribution in [-0.2, 0) is 19.4 Å². The van der Waals surface area contributed by atoms with Crippen LogP contribution in [0.2, 0.25) is 5.02 Å². The first-order valence-corrected chi connectivity index (χ1v) is 5.68. The number of halogens is 1. The fourth-order valence-electron chi connectivity index (χ4n) is 1.04. The number of rotatable bonds is 4. The van der Waals surface area contributed by atoms with E-state index in [2.05, 4.69) is 4.18 Å². The molecular weight excluding hydrogens is 260 g/mol. The largest absolute Gasteiger partial charge is 0.479 e. The van der Waals surface area contributed by atoms with Gasteiger partial charge >= 0.3 is 16.4 Å². The molecule has 0 fully saturated rings. The van der Waals surface area contributed by atoms with Crippen molar-refractivity contribution in [3.63, 3.8) is 0 Å². The molecule has 6 nitrogen and oxygen atoms in total. The molecule has 0 saturated heterocycles. The zero-order chi connectivity index (χ0) is 12.3. The number of carboxylic acid groups (broad SMARTS) is 1. The van der Waals surface area contributed by atoms with Gasteiger partial charge in [-0.3, -0.25) is 4.55 Å². The Hall–Kier alpha value is -1.15. The molecule has 1 rings (SSSR count). The molecule has 1 unspecified atom stereocenters. The Morgan fingerprint density at radius 2 is 1.94 bits per heavy atom. The highest BCUT2D eigenvalue weighted by Crippen LogP contribution is 2.26. The molecule has 2 N–H and O–H groups in total. The SMILES string of the molecule is O=C(O)C(OS(=O)(=O)O)c1ccccc1Cl. The topological polar surface area (TPSA) is 101 Å². The van der Waals surface area contributed by atoms with Gasteiger partial charge in [0.1, 0.15) is 0 Å². The Bertz CT molecular complexity index is 497. The standard InChI is InChI=1S/C8H7ClO6S/c9-6-4-2-1-3-5(6)7(8(10)11)15-16(12,13)14/h1-4,7H,(H,10,11)(H,12,13,14). The monoisotopic (exact) mass is 266 g/mol. The van der Waals surface area contributed by atoms with Crippen LogP contribution in [-0.4, -0.2) is 24.0 Å². The van der Waals surface area contributed by atoms with E-state index >= 15 is 0 Å². The lowest BCUT2D eigenvalue weighted by Crippen LogP contribution is -2.19. The van der Waals surface area contributed by atoms with Gasteiger partial charge in [0.25, 0.3) is 0 Å². The predicted octanol–water partition coefficient (Wildman–Crippen LogP) is 1.29. The average Bonchev–Trinajstić information content (AvgIpc) is 2.13. The Kier molecular flexibility index (Phi) is 3.87. The maximum Gasteiger partial charge on any atom is 0.398 e. The summed E-state index contributed by atoms with van der Waals surface area (Å²) in [6, 6.07) is 5.66. The van der Waals surface area contributed by atoms with Crippen LogP contribution in [0.5, 0.6) is 0 Å². The van der Waals surface area contributed by atoms with Crippen LogP contribution in [0.3, 0.4) is 0 Å². The molecule has 0 spiro atoms. The minimum Gasteiger partial charge on any atom is -0.479 e. The van der Waals surface area contributed by atoms with Crippen molar-refractivity contribution in [1.82, 2.24) is 0 Å². The maximum atomic E-state index is 10.8. The van der Waals surface area contributed by atoms with Crippen LogP contribution in [0.25, 0.3) is 0 Å². The van der Waals surface area contributed by atoms with Crippen molar-refractivity contribution in [2.24, 2.45) is 0 Å². The van der Waals surface area contributed by atoms with Crippen LogP contribution in [0, 0.1) is 0 Å². The quantitative estimate of drug-likeness (QED) is 0.796. The molecule has 0 saturated carbocycles. The fraction of sp³-hybridized carbons (Fsp3) is 0.125. The molecule has 0 aliphatic heterocycles. The first-order chi connectivity index (χ1) is 7.31. The first kappa shape index (κ1) is 12.9. The number of carboxylic acids is 1. The van der Waals surface area contributed by atoms with Crippen molar-refractivity contribution in [2.45, 2.75) is 6.10 Å². The molecule has 0 aromatic heterocycles. The molecule has 0 amide bonds.